The maximum absolute atomic E-state index is 11.0. The maximum Gasteiger partial charge on any atom is 0.166 e. The van der Waals surface area contributed by atoms with Crippen molar-refractivity contribution in [3.05, 3.63) is 35.8 Å². The Morgan fingerprint density at radius 1 is 1.50 bits per heavy atom. The molecule has 0 bridgehead atoms. The number of rotatable bonds is 3. The number of fused-ring (bicyclic) bond motifs is 1. The molecule has 1 saturated heterocycles. The number of carbonyl (C=O) groups excluding carboxylic acids is 1. The van der Waals surface area contributed by atoms with Crippen molar-refractivity contribution in [1.29, 1.82) is 0 Å². The van der Waals surface area contributed by atoms with Gasteiger partial charge in [0.1, 0.15) is 5.65 Å². The highest BCUT2D eigenvalue weighted by molar-refractivity contribution is 5.73. The van der Waals surface area contributed by atoms with Gasteiger partial charge in [-0.1, -0.05) is 6.07 Å². The van der Waals surface area contributed by atoms with E-state index in [1.54, 1.807) is 0 Å². The number of aromatic nitrogens is 2. The van der Waals surface area contributed by atoms with Gasteiger partial charge in [0.2, 0.25) is 0 Å². The number of imidazole rings is 1. The SMILES string of the molecule is O=Cc1cccc2nc(CC3CCCNC3)cn12. The minimum atomic E-state index is 0.660. The number of piperidine rings is 1. The zero-order chi connectivity index (χ0) is 12.4. The molecule has 0 spiro atoms. The fourth-order valence-electron chi connectivity index (χ4n) is 2.67. The molecule has 2 aromatic rings. The summed E-state index contributed by atoms with van der Waals surface area (Å²) in [6.07, 6.45) is 6.38. The average molecular weight is 243 g/mol. The van der Waals surface area contributed by atoms with Crippen LogP contribution in [-0.2, 0) is 6.42 Å². The molecule has 4 nitrogen and oxygen atoms in total. The van der Waals surface area contributed by atoms with Crippen molar-refractivity contribution in [2.24, 2.45) is 5.92 Å². The zero-order valence-corrected chi connectivity index (χ0v) is 10.3. The second-order valence-corrected chi connectivity index (χ2v) is 4.95. The molecule has 94 valence electrons. The molecule has 0 radical (unpaired) electrons. The molecule has 0 saturated carbocycles. The summed E-state index contributed by atoms with van der Waals surface area (Å²) in [6.45, 7) is 2.21. The summed E-state index contributed by atoms with van der Waals surface area (Å²) in [7, 11) is 0. The van der Waals surface area contributed by atoms with Crippen LogP contribution in [0.3, 0.4) is 0 Å². The lowest BCUT2D eigenvalue weighted by molar-refractivity contribution is 0.111. The third kappa shape index (κ3) is 2.16. The minimum absolute atomic E-state index is 0.660. The van der Waals surface area contributed by atoms with Crippen LogP contribution in [0.4, 0.5) is 0 Å². The summed E-state index contributed by atoms with van der Waals surface area (Å²) in [5, 5.41) is 3.42. The van der Waals surface area contributed by atoms with E-state index >= 15 is 0 Å². The summed E-state index contributed by atoms with van der Waals surface area (Å²) in [5.41, 5.74) is 2.60. The number of hydrogen-bond acceptors (Lipinski definition) is 3. The summed E-state index contributed by atoms with van der Waals surface area (Å²) < 4.78 is 1.87. The molecule has 3 rings (SSSR count). The lowest BCUT2D eigenvalue weighted by Gasteiger charge is -2.21. The lowest BCUT2D eigenvalue weighted by Crippen LogP contribution is -2.30. The molecule has 1 aliphatic rings. The van der Waals surface area contributed by atoms with E-state index < -0.39 is 0 Å². The summed E-state index contributed by atoms with van der Waals surface area (Å²) in [5.74, 6) is 0.670. The van der Waals surface area contributed by atoms with Crippen molar-refractivity contribution >= 4 is 11.9 Å². The van der Waals surface area contributed by atoms with Crippen molar-refractivity contribution < 1.29 is 4.79 Å². The van der Waals surface area contributed by atoms with Gasteiger partial charge in [0.05, 0.1) is 11.4 Å². The molecule has 1 aliphatic heterocycles. The van der Waals surface area contributed by atoms with Gasteiger partial charge >= 0.3 is 0 Å². The van der Waals surface area contributed by atoms with Crippen LogP contribution in [0, 0.1) is 5.92 Å². The molecule has 4 heteroatoms. The highest BCUT2D eigenvalue weighted by Gasteiger charge is 2.15. The Balaban J connectivity index is 1.86. The van der Waals surface area contributed by atoms with Gasteiger partial charge in [-0.3, -0.25) is 9.20 Å². The maximum atomic E-state index is 11.0. The van der Waals surface area contributed by atoms with Gasteiger partial charge in [0.15, 0.2) is 6.29 Å². The van der Waals surface area contributed by atoms with E-state index in [2.05, 4.69) is 10.3 Å². The molecule has 0 amide bonds. The van der Waals surface area contributed by atoms with Gasteiger partial charge < -0.3 is 5.32 Å². The topological polar surface area (TPSA) is 46.4 Å². The molecule has 2 aromatic heterocycles. The smallest absolute Gasteiger partial charge is 0.166 e. The van der Waals surface area contributed by atoms with Gasteiger partial charge in [-0.25, -0.2) is 4.98 Å². The monoisotopic (exact) mass is 243 g/mol. The third-order valence-corrected chi connectivity index (χ3v) is 3.59. The molecule has 1 fully saturated rings. The number of nitrogens with one attached hydrogen (secondary N) is 1. The second-order valence-electron chi connectivity index (χ2n) is 4.95. The lowest BCUT2D eigenvalue weighted by atomic mass is 9.95. The molecule has 18 heavy (non-hydrogen) atoms. The molecule has 3 heterocycles. The molecule has 0 aliphatic carbocycles. The number of hydrogen-bond donors (Lipinski definition) is 1. The quantitative estimate of drug-likeness (QED) is 0.834. The van der Waals surface area contributed by atoms with Crippen molar-refractivity contribution in [2.45, 2.75) is 19.3 Å². The van der Waals surface area contributed by atoms with Crippen molar-refractivity contribution in [1.82, 2.24) is 14.7 Å². The van der Waals surface area contributed by atoms with Crippen LogP contribution in [0.2, 0.25) is 0 Å². The Labute approximate surface area is 106 Å². The first-order valence-corrected chi connectivity index (χ1v) is 6.50. The third-order valence-electron chi connectivity index (χ3n) is 3.59. The molecular weight excluding hydrogens is 226 g/mol. The predicted octanol–water partition coefficient (Wildman–Crippen LogP) is 1.69. The van der Waals surface area contributed by atoms with Crippen LogP contribution < -0.4 is 5.32 Å². The summed E-state index contributed by atoms with van der Waals surface area (Å²) in [4.78, 5) is 15.6. The first kappa shape index (κ1) is 11.4. The fraction of sp³-hybridized carbons (Fsp3) is 0.429. The van der Waals surface area contributed by atoms with Crippen LogP contribution in [0.5, 0.6) is 0 Å². The number of nitrogens with zero attached hydrogens (tertiary/aromatic N) is 2. The molecule has 1 atom stereocenters. The Bertz CT molecular complexity index is 555. The summed E-state index contributed by atoms with van der Waals surface area (Å²) >= 11 is 0. The van der Waals surface area contributed by atoms with Crippen molar-refractivity contribution in [3.63, 3.8) is 0 Å². The van der Waals surface area contributed by atoms with Gasteiger partial charge in [-0.2, -0.15) is 0 Å². The first-order valence-electron chi connectivity index (χ1n) is 6.50. The Morgan fingerprint density at radius 3 is 3.22 bits per heavy atom. The molecular formula is C14H17N3O. The summed E-state index contributed by atoms with van der Waals surface area (Å²) in [6, 6.07) is 5.63. The van der Waals surface area contributed by atoms with Crippen LogP contribution in [0.1, 0.15) is 29.0 Å². The van der Waals surface area contributed by atoms with Crippen molar-refractivity contribution in [3.8, 4) is 0 Å². The first-order chi connectivity index (χ1) is 8.86. The van der Waals surface area contributed by atoms with E-state index in [-0.39, 0.29) is 0 Å². The molecule has 0 aromatic carbocycles. The van der Waals surface area contributed by atoms with E-state index in [9.17, 15) is 4.79 Å². The van der Waals surface area contributed by atoms with Gasteiger partial charge in [0, 0.05) is 6.20 Å². The van der Waals surface area contributed by atoms with Crippen LogP contribution >= 0.6 is 0 Å². The van der Waals surface area contributed by atoms with E-state index in [4.69, 9.17) is 0 Å². The van der Waals surface area contributed by atoms with E-state index in [1.165, 1.54) is 12.8 Å². The predicted molar refractivity (Wildman–Crippen MR) is 69.9 cm³/mol. The number of aldehydes is 1. The Kier molecular flexibility index (Phi) is 3.11. The second kappa shape index (κ2) is 4.90. The van der Waals surface area contributed by atoms with E-state index in [0.717, 1.165) is 37.1 Å². The average Bonchev–Trinajstić information content (AvgIpc) is 2.82. The van der Waals surface area contributed by atoms with Crippen LogP contribution in [0.15, 0.2) is 24.4 Å². The highest BCUT2D eigenvalue weighted by atomic mass is 16.1. The number of pyridine rings is 1. The normalized spacial score (nSPS) is 20.1. The van der Waals surface area contributed by atoms with Crippen LogP contribution in [-0.4, -0.2) is 28.8 Å². The van der Waals surface area contributed by atoms with E-state index in [1.807, 2.05) is 28.8 Å². The van der Waals surface area contributed by atoms with Gasteiger partial charge in [-0.15, -0.1) is 0 Å². The number of carbonyl (C=O) groups is 1. The van der Waals surface area contributed by atoms with Gasteiger partial charge in [0.25, 0.3) is 0 Å². The fourth-order valence-corrected chi connectivity index (χ4v) is 2.67. The van der Waals surface area contributed by atoms with Crippen molar-refractivity contribution in [2.75, 3.05) is 13.1 Å². The minimum Gasteiger partial charge on any atom is -0.316 e. The Hall–Kier alpha value is -1.68. The van der Waals surface area contributed by atoms with Crippen LogP contribution in [0.25, 0.3) is 5.65 Å². The highest BCUT2D eigenvalue weighted by Crippen LogP contribution is 2.17. The molecule has 1 unspecified atom stereocenters. The standard InChI is InChI=1S/C14H17N3O/c18-10-13-4-1-5-14-16-12(9-17(13)14)7-11-3-2-6-15-8-11/h1,4-5,9-11,15H,2-3,6-8H2. The largest absolute Gasteiger partial charge is 0.316 e. The zero-order valence-electron chi connectivity index (χ0n) is 10.3. The molecule has 1 N–H and O–H groups in total. The van der Waals surface area contributed by atoms with Gasteiger partial charge in [-0.05, 0) is 50.4 Å². The Morgan fingerprint density at radius 2 is 2.44 bits per heavy atom. The van der Waals surface area contributed by atoms with E-state index in [0.29, 0.717) is 11.6 Å².